The summed E-state index contributed by atoms with van der Waals surface area (Å²) in [5, 5.41) is 5.47. The number of methoxy groups -OCH3 is 1. The van der Waals surface area contributed by atoms with E-state index in [4.69, 9.17) is 9.72 Å². The van der Waals surface area contributed by atoms with E-state index >= 15 is 0 Å². The van der Waals surface area contributed by atoms with E-state index in [0.717, 1.165) is 50.0 Å². The van der Waals surface area contributed by atoms with Gasteiger partial charge in [0.05, 0.1) is 29.3 Å². The molecule has 5 aromatic rings. The van der Waals surface area contributed by atoms with E-state index < -0.39 is 0 Å². The largest absolute Gasteiger partial charge is 0.497 e. The fourth-order valence-corrected chi connectivity index (χ4v) is 3.20. The monoisotopic (exact) mass is 341 g/mol. The third kappa shape index (κ3) is 2.23. The predicted molar refractivity (Wildman–Crippen MR) is 103 cm³/mol. The number of ether oxygens (including phenoxy) is 1. The van der Waals surface area contributed by atoms with Gasteiger partial charge in [0.1, 0.15) is 11.3 Å². The molecule has 5 rings (SSSR count). The quantitative estimate of drug-likeness (QED) is 0.508. The highest BCUT2D eigenvalue weighted by molar-refractivity contribution is 6.15. The molecular weight excluding hydrogens is 326 g/mol. The second kappa shape index (κ2) is 5.70. The normalized spacial score (nSPS) is 11.3. The molecule has 26 heavy (non-hydrogen) atoms. The second-order valence-corrected chi connectivity index (χ2v) is 6.00. The molecule has 126 valence electrons. The average molecular weight is 341 g/mol. The summed E-state index contributed by atoms with van der Waals surface area (Å²) in [6.07, 6.45) is 7.20. The molecule has 0 aliphatic carbocycles. The lowest BCUT2D eigenvalue weighted by Gasteiger charge is -2.11. The fourth-order valence-electron chi connectivity index (χ4n) is 3.20. The number of anilines is 2. The maximum Gasteiger partial charge on any atom is 0.119 e. The number of benzene rings is 1. The Bertz CT molecular complexity index is 1240. The number of pyridine rings is 3. The first-order valence-corrected chi connectivity index (χ1v) is 8.24. The van der Waals surface area contributed by atoms with E-state index in [1.807, 2.05) is 48.8 Å². The van der Waals surface area contributed by atoms with Crippen LogP contribution in [0.1, 0.15) is 0 Å². The van der Waals surface area contributed by atoms with Gasteiger partial charge in [0.25, 0.3) is 0 Å². The van der Waals surface area contributed by atoms with Crippen molar-refractivity contribution in [3.8, 4) is 5.75 Å². The molecule has 0 amide bonds. The molecule has 1 aromatic carbocycles. The van der Waals surface area contributed by atoms with Crippen LogP contribution in [-0.2, 0) is 0 Å². The zero-order chi connectivity index (χ0) is 17.5. The first-order chi connectivity index (χ1) is 12.8. The molecule has 0 saturated heterocycles. The lowest BCUT2D eigenvalue weighted by atomic mass is 10.1. The Hall–Kier alpha value is -3.67. The van der Waals surface area contributed by atoms with E-state index in [0.29, 0.717) is 0 Å². The van der Waals surface area contributed by atoms with E-state index in [9.17, 15) is 0 Å². The van der Waals surface area contributed by atoms with Gasteiger partial charge in [0.2, 0.25) is 0 Å². The van der Waals surface area contributed by atoms with Crippen molar-refractivity contribution < 1.29 is 4.74 Å². The van der Waals surface area contributed by atoms with Gasteiger partial charge in [0, 0.05) is 41.2 Å². The summed E-state index contributed by atoms with van der Waals surface area (Å²) in [5.41, 5.74) is 5.61. The van der Waals surface area contributed by atoms with Crippen LogP contribution in [0.3, 0.4) is 0 Å². The van der Waals surface area contributed by atoms with Gasteiger partial charge in [-0.25, -0.2) is 4.98 Å². The number of hydrogen-bond acceptors (Lipinski definition) is 5. The van der Waals surface area contributed by atoms with E-state index in [-0.39, 0.29) is 0 Å². The molecule has 0 aliphatic rings. The van der Waals surface area contributed by atoms with Crippen LogP contribution in [0.15, 0.2) is 61.2 Å². The van der Waals surface area contributed by atoms with Crippen molar-refractivity contribution in [3.63, 3.8) is 0 Å². The lowest BCUT2D eigenvalue weighted by molar-refractivity contribution is 0.415. The number of rotatable bonds is 3. The first-order valence-electron chi connectivity index (χ1n) is 8.24. The molecule has 6 nitrogen and oxygen atoms in total. The van der Waals surface area contributed by atoms with Crippen LogP contribution in [-0.4, -0.2) is 27.0 Å². The Morgan fingerprint density at radius 1 is 0.923 bits per heavy atom. The minimum absolute atomic E-state index is 0.818. The van der Waals surface area contributed by atoms with E-state index in [2.05, 4.69) is 20.3 Å². The number of aromatic nitrogens is 4. The van der Waals surface area contributed by atoms with Crippen LogP contribution < -0.4 is 10.1 Å². The molecular formula is C20H15N5O. The fraction of sp³-hybridized carbons (Fsp3) is 0.0500. The predicted octanol–water partition coefficient (Wildman–Crippen LogP) is 4.41. The van der Waals surface area contributed by atoms with Gasteiger partial charge in [0.15, 0.2) is 0 Å². The zero-order valence-corrected chi connectivity index (χ0v) is 14.0. The SMILES string of the molecule is COc1ccc(Nc2c3cnccc3nc3c2[nH]c2ccncc23)cc1. The van der Waals surface area contributed by atoms with Gasteiger partial charge in [-0.15, -0.1) is 0 Å². The van der Waals surface area contributed by atoms with Crippen molar-refractivity contribution in [1.29, 1.82) is 0 Å². The van der Waals surface area contributed by atoms with Gasteiger partial charge < -0.3 is 15.0 Å². The summed E-state index contributed by atoms with van der Waals surface area (Å²) in [5.74, 6) is 0.818. The van der Waals surface area contributed by atoms with Gasteiger partial charge in [-0.05, 0) is 36.4 Å². The summed E-state index contributed by atoms with van der Waals surface area (Å²) in [7, 11) is 1.66. The molecule has 0 spiro atoms. The van der Waals surface area contributed by atoms with Crippen LogP contribution in [0.5, 0.6) is 5.75 Å². The summed E-state index contributed by atoms with van der Waals surface area (Å²) < 4.78 is 5.24. The van der Waals surface area contributed by atoms with Gasteiger partial charge >= 0.3 is 0 Å². The van der Waals surface area contributed by atoms with Crippen molar-refractivity contribution in [2.45, 2.75) is 0 Å². The molecule has 0 bridgehead atoms. The number of nitrogens with zero attached hydrogens (tertiary/aromatic N) is 3. The third-order valence-electron chi connectivity index (χ3n) is 4.48. The maximum absolute atomic E-state index is 5.24. The molecule has 4 heterocycles. The number of hydrogen-bond donors (Lipinski definition) is 2. The van der Waals surface area contributed by atoms with Crippen LogP contribution >= 0.6 is 0 Å². The van der Waals surface area contributed by atoms with Crippen LogP contribution in [0.25, 0.3) is 32.8 Å². The molecule has 0 radical (unpaired) electrons. The molecule has 2 N–H and O–H groups in total. The Labute approximate surface area is 148 Å². The maximum atomic E-state index is 5.24. The van der Waals surface area contributed by atoms with Crippen LogP contribution in [0.2, 0.25) is 0 Å². The summed E-state index contributed by atoms with van der Waals surface area (Å²) in [6.45, 7) is 0. The lowest BCUT2D eigenvalue weighted by Crippen LogP contribution is -1.95. The molecule has 0 fully saturated rings. The molecule has 0 saturated carbocycles. The highest BCUT2D eigenvalue weighted by Crippen LogP contribution is 2.35. The summed E-state index contributed by atoms with van der Waals surface area (Å²) in [4.78, 5) is 16.8. The van der Waals surface area contributed by atoms with Crippen molar-refractivity contribution in [1.82, 2.24) is 19.9 Å². The number of nitrogens with one attached hydrogen (secondary N) is 2. The number of aromatic amines is 1. The Kier molecular flexibility index (Phi) is 3.21. The Morgan fingerprint density at radius 2 is 1.69 bits per heavy atom. The van der Waals surface area contributed by atoms with Crippen LogP contribution in [0.4, 0.5) is 11.4 Å². The molecule has 0 unspecified atom stereocenters. The topological polar surface area (TPSA) is 75.7 Å². The molecule has 4 aromatic heterocycles. The standard InChI is InChI=1S/C20H15N5O/c1-26-13-4-2-12(3-5-13)23-18-14-10-21-8-6-16(14)24-19-15-11-22-9-7-17(15)25-20(18)19/h2-11,25H,1H3,(H,23,24). The minimum Gasteiger partial charge on any atom is -0.497 e. The number of fused-ring (bicyclic) bond motifs is 4. The molecule has 0 atom stereocenters. The van der Waals surface area contributed by atoms with Crippen molar-refractivity contribution in [3.05, 3.63) is 61.2 Å². The zero-order valence-electron chi connectivity index (χ0n) is 14.0. The third-order valence-corrected chi connectivity index (χ3v) is 4.48. The number of H-pyrrole nitrogens is 1. The van der Waals surface area contributed by atoms with Crippen molar-refractivity contribution >= 4 is 44.2 Å². The van der Waals surface area contributed by atoms with E-state index in [1.165, 1.54) is 0 Å². The average Bonchev–Trinajstić information content (AvgIpc) is 3.07. The molecule has 6 heteroatoms. The van der Waals surface area contributed by atoms with Crippen molar-refractivity contribution in [2.75, 3.05) is 12.4 Å². The van der Waals surface area contributed by atoms with Gasteiger partial charge in [-0.2, -0.15) is 0 Å². The second-order valence-electron chi connectivity index (χ2n) is 6.00. The van der Waals surface area contributed by atoms with E-state index in [1.54, 1.807) is 19.5 Å². The highest BCUT2D eigenvalue weighted by atomic mass is 16.5. The van der Waals surface area contributed by atoms with Crippen molar-refractivity contribution in [2.24, 2.45) is 0 Å². The Balaban J connectivity index is 1.79. The first kappa shape index (κ1) is 14.7. The highest BCUT2D eigenvalue weighted by Gasteiger charge is 2.14. The summed E-state index contributed by atoms with van der Waals surface area (Å²) in [6, 6.07) is 11.7. The smallest absolute Gasteiger partial charge is 0.119 e. The summed E-state index contributed by atoms with van der Waals surface area (Å²) >= 11 is 0. The van der Waals surface area contributed by atoms with Gasteiger partial charge in [-0.3, -0.25) is 9.97 Å². The van der Waals surface area contributed by atoms with Crippen LogP contribution in [0, 0.1) is 0 Å². The Morgan fingerprint density at radius 3 is 2.50 bits per heavy atom. The van der Waals surface area contributed by atoms with Gasteiger partial charge in [-0.1, -0.05) is 0 Å². The minimum atomic E-state index is 0.818. The molecule has 0 aliphatic heterocycles.